The average molecular weight is 524 g/mol. The Morgan fingerprint density at radius 2 is 1.95 bits per heavy atom. The number of H-pyrrole nitrogens is 1. The number of piperazine rings is 1. The maximum absolute atomic E-state index is 13.5. The minimum atomic E-state index is 0.301. The van der Waals surface area contributed by atoms with Crippen LogP contribution in [0.15, 0.2) is 17.5 Å². The highest BCUT2D eigenvalue weighted by atomic mass is 32.1. The van der Waals surface area contributed by atoms with Gasteiger partial charge in [0.15, 0.2) is 5.82 Å². The van der Waals surface area contributed by atoms with E-state index < -0.39 is 0 Å². The Morgan fingerprint density at radius 1 is 1.19 bits per heavy atom. The lowest BCUT2D eigenvalue weighted by atomic mass is 9.81. The average Bonchev–Trinajstić information content (AvgIpc) is 3.53. The molecule has 37 heavy (non-hydrogen) atoms. The van der Waals surface area contributed by atoms with Crippen LogP contribution in [0.1, 0.15) is 37.8 Å². The SMILES string of the molecule is Cc1cc(Nc2nc(N(C)C3CC4CCCC(C3)N4C(=O)CN3CCN(C)CC3)nc3sccc23)n[nH]1. The molecule has 0 aliphatic carbocycles. The van der Waals surface area contributed by atoms with Gasteiger partial charge in [-0.3, -0.25) is 14.8 Å². The van der Waals surface area contributed by atoms with Crippen molar-refractivity contribution in [3.63, 3.8) is 0 Å². The Morgan fingerprint density at radius 3 is 2.65 bits per heavy atom. The lowest BCUT2D eigenvalue weighted by Gasteiger charge is -2.51. The zero-order chi connectivity index (χ0) is 25.5. The van der Waals surface area contributed by atoms with Crippen molar-refractivity contribution >= 4 is 45.0 Å². The van der Waals surface area contributed by atoms with E-state index in [1.807, 2.05) is 13.0 Å². The van der Waals surface area contributed by atoms with Gasteiger partial charge in [0.05, 0.1) is 11.9 Å². The van der Waals surface area contributed by atoms with Gasteiger partial charge in [-0.15, -0.1) is 11.3 Å². The van der Waals surface area contributed by atoms with Gasteiger partial charge in [0.1, 0.15) is 10.6 Å². The second-order valence-corrected chi connectivity index (χ2v) is 11.8. The minimum Gasteiger partial charge on any atom is -0.341 e. The molecule has 3 aromatic heterocycles. The topological polar surface area (TPSA) is 96.5 Å². The van der Waals surface area contributed by atoms with Gasteiger partial charge in [-0.2, -0.15) is 10.1 Å². The second-order valence-electron chi connectivity index (χ2n) is 10.9. The third kappa shape index (κ3) is 5.04. The van der Waals surface area contributed by atoms with E-state index in [2.05, 4.69) is 60.7 Å². The molecular weight excluding hydrogens is 486 g/mol. The van der Waals surface area contributed by atoms with Crippen molar-refractivity contribution in [3.05, 3.63) is 23.2 Å². The number of aryl methyl sites for hydroxylation is 1. The molecule has 3 saturated heterocycles. The quantitative estimate of drug-likeness (QED) is 0.509. The maximum Gasteiger partial charge on any atom is 0.237 e. The van der Waals surface area contributed by atoms with Crippen molar-refractivity contribution in [1.29, 1.82) is 0 Å². The Balaban J connectivity index is 1.18. The molecule has 3 fully saturated rings. The number of aromatic nitrogens is 4. The highest BCUT2D eigenvalue weighted by molar-refractivity contribution is 7.16. The van der Waals surface area contributed by atoms with Crippen molar-refractivity contribution in [1.82, 2.24) is 34.9 Å². The predicted molar refractivity (Wildman–Crippen MR) is 148 cm³/mol. The first-order valence-electron chi connectivity index (χ1n) is 13.4. The van der Waals surface area contributed by atoms with Crippen molar-refractivity contribution < 1.29 is 4.79 Å². The van der Waals surface area contributed by atoms with E-state index in [0.717, 1.165) is 85.4 Å². The molecule has 3 aromatic rings. The molecular formula is C26H37N9OS. The van der Waals surface area contributed by atoms with Crippen molar-refractivity contribution in [2.75, 3.05) is 57.0 Å². The number of anilines is 3. The smallest absolute Gasteiger partial charge is 0.237 e. The Labute approximate surface area is 222 Å². The summed E-state index contributed by atoms with van der Waals surface area (Å²) in [6, 6.07) is 4.94. The summed E-state index contributed by atoms with van der Waals surface area (Å²) >= 11 is 1.63. The van der Waals surface area contributed by atoms with E-state index >= 15 is 0 Å². The lowest BCUT2D eigenvalue weighted by molar-refractivity contribution is -0.142. The zero-order valence-electron chi connectivity index (χ0n) is 22.0. The number of hydrogen-bond acceptors (Lipinski definition) is 9. The van der Waals surface area contributed by atoms with Crippen molar-refractivity contribution in [3.8, 4) is 0 Å². The number of hydrogen-bond donors (Lipinski definition) is 2. The molecule has 0 aromatic carbocycles. The highest BCUT2D eigenvalue weighted by Gasteiger charge is 2.42. The third-order valence-corrected chi connectivity index (χ3v) is 9.13. The van der Waals surface area contributed by atoms with E-state index in [4.69, 9.17) is 9.97 Å². The summed E-state index contributed by atoms with van der Waals surface area (Å²) in [6.45, 7) is 6.58. The molecule has 2 N–H and O–H groups in total. The number of nitrogens with one attached hydrogen (secondary N) is 2. The van der Waals surface area contributed by atoms with E-state index in [0.29, 0.717) is 30.6 Å². The first kappa shape index (κ1) is 24.6. The lowest BCUT2D eigenvalue weighted by Crippen LogP contribution is -2.60. The first-order valence-corrected chi connectivity index (χ1v) is 14.3. The number of aromatic amines is 1. The van der Waals surface area contributed by atoms with Gasteiger partial charge in [0.25, 0.3) is 0 Å². The fourth-order valence-electron chi connectivity index (χ4n) is 6.22. The summed E-state index contributed by atoms with van der Waals surface area (Å²) in [7, 11) is 4.27. The number of carbonyl (C=O) groups is 1. The first-order chi connectivity index (χ1) is 17.9. The molecule has 6 heterocycles. The molecule has 11 heteroatoms. The van der Waals surface area contributed by atoms with Gasteiger partial charge in [-0.25, -0.2) is 4.98 Å². The molecule has 3 aliphatic rings. The fourth-order valence-corrected chi connectivity index (χ4v) is 6.98. The summed E-state index contributed by atoms with van der Waals surface area (Å²) in [6.07, 6.45) is 5.32. The molecule has 198 valence electrons. The number of piperidine rings is 2. The van der Waals surface area contributed by atoms with Gasteiger partial charge in [-0.1, -0.05) is 0 Å². The van der Waals surface area contributed by atoms with Crippen molar-refractivity contribution in [2.45, 2.75) is 57.2 Å². The standard InChI is InChI=1S/C26H37N9OS/c1-17-13-22(31-30-17)27-24-21-7-12-37-25(21)29-26(28-24)33(3)20-14-18-5-4-6-19(15-20)35(18)23(36)16-34-10-8-32(2)9-11-34/h7,12-13,18-20H,4-6,8-11,14-16H2,1-3H3,(H2,27,28,29,30,31). The van der Waals surface area contributed by atoms with E-state index in [1.165, 1.54) is 6.42 Å². The molecule has 6 rings (SSSR count). The largest absolute Gasteiger partial charge is 0.341 e. The number of likely N-dealkylation sites (N-methyl/N-ethyl adjacent to an activating group) is 1. The molecule has 0 saturated carbocycles. The number of rotatable bonds is 6. The predicted octanol–water partition coefficient (Wildman–Crippen LogP) is 3.06. The maximum atomic E-state index is 13.5. The fraction of sp³-hybridized carbons (Fsp3) is 0.615. The molecule has 0 spiro atoms. The number of amides is 1. The minimum absolute atomic E-state index is 0.301. The van der Waals surface area contributed by atoms with E-state index in [9.17, 15) is 4.79 Å². The van der Waals surface area contributed by atoms with Gasteiger partial charge in [-0.05, 0) is 57.5 Å². The Hall–Kier alpha value is -2.76. The van der Waals surface area contributed by atoms with Crippen LogP contribution < -0.4 is 10.2 Å². The summed E-state index contributed by atoms with van der Waals surface area (Å²) in [5, 5.41) is 13.7. The number of fused-ring (bicyclic) bond motifs is 3. The van der Waals surface area contributed by atoms with Crippen LogP contribution in [-0.2, 0) is 4.79 Å². The normalized spacial score (nSPS) is 24.9. The van der Waals surface area contributed by atoms with Gasteiger partial charge in [0.2, 0.25) is 11.9 Å². The molecule has 2 bridgehead atoms. The number of carbonyl (C=O) groups excluding carboxylic acids is 1. The number of thiophene rings is 1. The Kier molecular flexibility index (Phi) is 6.76. The van der Waals surface area contributed by atoms with Crippen LogP contribution >= 0.6 is 11.3 Å². The van der Waals surface area contributed by atoms with E-state index in [-0.39, 0.29) is 0 Å². The van der Waals surface area contributed by atoms with Crippen LogP contribution in [0.3, 0.4) is 0 Å². The summed E-state index contributed by atoms with van der Waals surface area (Å²) in [4.78, 5) is 33.5. The summed E-state index contributed by atoms with van der Waals surface area (Å²) in [5.41, 5.74) is 0.996. The zero-order valence-corrected chi connectivity index (χ0v) is 22.8. The van der Waals surface area contributed by atoms with Crippen molar-refractivity contribution in [2.24, 2.45) is 0 Å². The van der Waals surface area contributed by atoms with Crippen LogP contribution in [0.5, 0.6) is 0 Å². The molecule has 3 aliphatic heterocycles. The highest BCUT2D eigenvalue weighted by Crippen LogP contribution is 2.37. The molecule has 1 amide bonds. The molecule has 10 nitrogen and oxygen atoms in total. The number of nitrogens with zero attached hydrogens (tertiary/aromatic N) is 7. The van der Waals surface area contributed by atoms with Gasteiger partial charge < -0.3 is 20.0 Å². The summed E-state index contributed by atoms with van der Waals surface area (Å²) in [5.74, 6) is 2.57. The second kappa shape index (κ2) is 10.2. The Bertz CT molecular complexity index is 1240. The van der Waals surface area contributed by atoms with Crippen LogP contribution in [0.25, 0.3) is 10.2 Å². The monoisotopic (exact) mass is 523 g/mol. The van der Waals surface area contributed by atoms with Crippen LogP contribution in [0, 0.1) is 6.92 Å². The van der Waals surface area contributed by atoms with Gasteiger partial charge >= 0.3 is 0 Å². The van der Waals surface area contributed by atoms with Gasteiger partial charge in [0, 0.05) is 63.1 Å². The van der Waals surface area contributed by atoms with E-state index in [1.54, 1.807) is 11.3 Å². The molecule has 2 atom stereocenters. The third-order valence-electron chi connectivity index (χ3n) is 8.32. The van der Waals surface area contributed by atoms with Crippen LogP contribution in [0.2, 0.25) is 0 Å². The molecule has 0 radical (unpaired) electrons. The van der Waals surface area contributed by atoms with Crippen LogP contribution in [0.4, 0.5) is 17.6 Å². The van der Waals surface area contributed by atoms with Crippen LogP contribution in [-0.4, -0.2) is 106 Å². The molecule has 2 unspecified atom stereocenters. The summed E-state index contributed by atoms with van der Waals surface area (Å²) < 4.78 is 0.